The van der Waals surface area contributed by atoms with Crippen LogP contribution in [0.1, 0.15) is 30.4 Å². The summed E-state index contributed by atoms with van der Waals surface area (Å²) in [4.78, 5) is 31.7. The molecule has 0 bridgehead atoms. The Morgan fingerprint density at radius 3 is 2.51 bits per heavy atom. The molecule has 1 saturated carbocycles. The number of hydrogen-bond acceptors (Lipinski definition) is 6. The van der Waals surface area contributed by atoms with Gasteiger partial charge >= 0.3 is 0 Å². The number of aromatic nitrogens is 3. The van der Waals surface area contributed by atoms with Gasteiger partial charge in [0.2, 0.25) is 18.2 Å². The van der Waals surface area contributed by atoms with Gasteiger partial charge in [0.15, 0.2) is 6.17 Å². The fourth-order valence-electron chi connectivity index (χ4n) is 4.12. The van der Waals surface area contributed by atoms with Crippen LogP contribution in [0.3, 0.4) is 0 Å². The molecule has 37 heavy (non-hydrogen) atoms. The van der Waals surface area contributed by atoms with E-state index in [2.05, 4.69) is 15.7 Å². The average Bonchev–Trinajstić information content (AvgIpc) is 3.59. The number of piperidine rings is 1. The van der Waals surface area contributed by atoms with E-state index in [-0.39, 0.29) is 25.3 Å². The predicted octanol–water partition coefficient (Wildman–Crippen LogP) is 2.99. The van der Waals surface area contributed by atoms with Crippen LogP contribution in [-0.2, 0) is 23.1 Å². The van der Waals surface area contributed by atoms with E-state index in [0.717, 1.165) is 41.0 Å². The number of ether oxygens (including phenoxy) is 2. The quantitative estimate of drug-likeness (QED) is 0.490. The van der Waals surface area contributed by atoms with E-state index in [0.29, 0.717) is 24.9 Å². The van der Waals surface area contributed by atoms with Crippen LogP contribution in [0.25, 0.3) is 11.3 Å². The Balaban J connectivity index is 0.00000102. The minimum Gasteiger partial charge on any atom is -0.490 e. The van der Waals surface area contributed by atoms with E-state index in [9.17, 15) is 9.18 Å². The lowest BCUT2D eigenvalue weighted by molar-refractivity contribution is -0.134. The summed E-state index contributed by atoms with van der Waals surface area (Å²) in [7, 11) is 1.91. The Morgan fingerprint density at radius 2 is 1.92 bits per heavy atom. The van der Waals surface area contributed by atoms with Crippen molar-refractivity contribution in [2.75, 3.05) is 13.1 Å². The van der Waals surface area contributed by atoms with Crippen molar-refractivity contribution in [1.29, 1.82) is 0 Å². The minimum atomic E-state index is -1.27. The molecule has 5 rings (SSSR count). The van der Waals surface area contributed by atoms with Crippen LogP contribution in [0.2, 0.25) is 0 Å². The number of hydrogen-bond donors (Lipinski definition) is 1. The maximum absolute atomic E-state index is 15.0. The third-order valence-electron chi connectivity index (χ3n) is 6.23. The van der Waals surface area contributed by atoms with Gasteiger partial charge in [0.05, 0.1) is 31.1 Å². The summed E-state index contributed by atoms with van der Waals surface area (Å²) in [6.07, 6.45) is 6.91. The van der Waals surface area contributed by atoms with Crippen LogP contribution in [0.4, 0.5) is 4.39 Å². The number of benzene rings is 1. The number of primary amides is 1. The van der Waals surface area contributed by atoms with Gasteiger partial charge in [0.1, 0.15) is 11.9 Å². The second-order valence-corrected chi connectivity index (χ2v) is 9.35. The molecule has 9 nitrogen and oxygen atoms in total. The first-order chi connectivity index (χ1) is 17.9. The van der Waals surface area contributed by atoms with Crippen LogP contribution in [0.15, 0.2) is 49.1 Å². The number of carbonyl (C=O) groups excluding carboxylic acids is 2. The average molecular weight is 510 g/mol. The third kappa shape index (κ3) is 7.05. The number of rotatable bonds is 7. The standard InChI is InChI=1S/C26H29FN4O3.CH3NO/c1-17-11-19(23-15-30(2)16-29-23)13-28-26(17)34-24-9-10-31(14-22(24)27)25(32)12-18-3-5-20(6-4-18)33-21-7-8-21;2-1-3/h3-6,11,13,15-16,21-22,24H,7-10,12,14H2,1-2H3;1H,(H2,2,3)/t22?,24-;/m0./s1. The molecule has 2 atom stereocenters. The van der Waals surface area contributed by atoms with Gasteiger partial charge in [0.25, 0.3) is 0 Å². The van der Waals surface area contributed by atoms with Crippen LogP contribution in [-0.4, -0.2) is 63.2 Å². The molecule has 1 aliphatic heterocycles. The third-order valence-corrected chi connectivity index (χ3v) is 6.23. The molecule has 196 valence electrons. The Hall–Kier alpha value is -3.95. The first-order valence-electron chi connectivity index (χ1n) is 12.3. The molecule has 1 aromatic carbocycles. The molecular formula is C27H32FN5O4. The van der Waals surface area contributed by atoms with Gasteiger partial charge in [-0.3, -0.25) is 9.59 Å². The Kier molecular flexibility index (Phi) is 8.37. The first kappa shape index (κ1) is 26.1. The zero-order chi connectivity index (χ0) is 26.4. The topological polar surface area (TPSA) is 113 Å². The maximum atomic E-state index is 15.0. The molecule has 10 heteroatoms. The van der Waals surface area contributed by atoms with Crippen LogP contribution in [0.5, 0.6) is 11.6 Å². The largest absolute Gasteiger partial charge is 0.490 e. The van der Waals surface area contributed by atoms with Gasteiger partial charge in [-0.1, -0.05) is 12.1 Å². The van der Waals surface area contributed by atoms with E-state index in [1.165, 1.54) is 0 Å². The highest BCUT2D eigenvalue weighted by molar-refractivity contribution is 5.79. The molecule has 2 N–H and O–H groups in total. The second kappa shape index (κ2) is 11.9. The van der Waals surface area contributed by atoms with Crippen molar-refractivity contribution in [3.63, 3.8) is 0 Å². The molecule has 2 aromatic heterocycles. The Bertz CT molecular complexity index is 1210. The van der Waals surface area contributed by atoms with Crippen molar-refractivity contribution in [3.05, 3.63) is 60.2 Å². The molecule has 0 spiro atoms. The molecular weight excluding hydrogens is 477 g/mol. The second-order valence-electron chi connectivity index (χ2n) is 9.35. The molecule has 1 saturated heterocycles. The molecule has 1 aliphatic carbocycles. The molecule has 3 aromatic rings. The van der Waals surface area contributed by atoms with Gasteiger partial charge in [-0.05, 0) is 43.5 Å². The highest BCUT2D eigenvalue weighted by Gasteiger charge is 2.33. The van der Waals surface area contributed by atoms with E-state index in [1.54, 1.807) is 17.4 Å². The summed E-state index contributed by atoms with van der Waals surface area (Å²) >= 11 is 0. The SMILES string of the molecule is Cc1cc(-c2cn(C)cn2)cnc1O[C@H]1CCN(C(=O)Cc2ccc(OC3CC3)cc2)CC1F.NC=O. The number of alkyl halides is 1. The maximum Gasteiger partial charge on any atom is 0.227 e. The number of carbonyl (C=O) groups is 2. The number of amides is 2. The van der Waals surface area contributed by atoms with Gasteiger partial charge in [-0.25, -0.2) is 14.4 Å². The van der Waals surface area contributed by atoms with Crippen LogP contribution >= 0.6 is 0 Å². The van der Waals surface area contributed by atoms with Crippen molar-refractivity contribution in [2.45, 2.75) is 51.0 Å². The number of imidazole rings is 1. The summed E-state index contributed by atoms with van der Waals surface area (Å²) in [6.45, 7) is 2.37. The van der Waals surface area contributed by atoms with Crippen LogP contribution in [0, 0.1) is 6.92 Å². The lowest BCUT2D eigenvalue weighted by Crippen LogP contribution is -2.49. The lowest BCUT2D eigenvalue weighted by Gasteiger charge is -2.34. The Morgan fingerprint density at radius 1 is 1.19 bits per heavy atom. The Labute approximate surface area is 215 Å². The van der Waals surface area contributed by atoms with Crippen molar-refractivity contribution >= 4 is 12.3 Å². The fourth-order valence-corrected chi connectivity index (χ4v) is 4.12. The van der Waals surface area contributed by atoms with E-state index < -0.39 is 12.3 Å². The molecule has 0 radical (unpaired) electrons. The van der Waals surface area contributed by atoms with Crippen molar-refractivity contribution in [1.82, 2.24) is 19.4 Å². The number of nitrogens with zero attached hydrogens (tertiary/aromatic N) is 4. The highest BCUT2D eigenvalue weighted by Crippen LogP contribution is 2.28. The van der Waals surface area contributed by atoms with Crippen molar-refractivity contribution in [2.24, 2.45) is 12.8 Å². The summed E-state index contributed by atoms with van der Waals surface area (Å²) in [5.74, 6) is 1.17. The normalized spacial score (nSPS) is 18.9. The lowest BCUT2D eigenvalue weighted by atomic mass is 10.0. The monoisotopic (exact) mass is 509 g/mol. The molecule has 1 unspecified atom stereocenters. The van der Waals surface area contributed by atoms with E-state index in [1.807, 2.05) is 55.1 Å². The van der Waals surface area contributed by atoms with Gasteiger partial charge < -0.3 is 24.7 Å². The molecule has 2 amide bonds. The summed E-state index contributed by atoms with van der Waals surface area (Å²) in [6, 6.07) is 9.54. The molecule has 2 fully saturated rings. The van der Waals surface area contributed by atoms with Crippen molar-refractivity contribution < 1.29 is 23.5 Å². The summed E-state index contributed by atoms with van der Waals surface area (Å²) in [5.41, 5.74) is 7.59. The van der Waals surface area contributed by atoms with E-state index >= 15 is 0 Å². The predicted molar refractivity (Wildman–Crippen MR) is 136 cm³/mol. The number of pyridine rings is 1. The number of nitrogens with two attached hydrogens (primary N) is 1. The molecule has 2 aliphatic rings. The van der Waals surface area contributed by atoms with Gasteiger partial charge in [0, 0.05) is 43.5 Å². The zero-order valence-electron chi connectivity index (χ0n) is 21.0. The molecule has 3 heterocycles. The first-order valence-corrected chi connectivity index (χ1v) is 12.3. The van der Waals surface area contributed by atoms with Gasteiger partial charge in [-0.15, -0.1) is 0 Å². The minimum absolute atomic E-state index is 0.0252. The van der Waals surface area contributed by atoms with E-state index in [4.69, 9.17) is 14.3 Å². The van der Waals surface area contributed by atoms with Gasteiger partial charge in [-0.2, -0.15) is 0 Å². The smallest absolute Gasteiger partial charge is 0.227 e. The number of halogens is 1. The van der Waals surface area contributed by atoms with Crippen molar-refractivity contribution in [3.8, 4) is 22.9 Å². The zero-order valence-corrected chi connectivity index (χ0v) is 21.0. The summed E-state index contributed by atoms with van der Waals surface area (Å²) in [5, 5.41) is 0. The summed E-state index contributed by atoms with van der Waals surface area (Å²) < 4.78 is 28.5. The number of likely N-dealkylation sites (tertiary alicyclic amines) is 1. The number of aryl methyl sites for hydroxylation is 2. The highest BCUT2D eigenvalue weighted by atomic mass is 19.1. The fraction of sp³-hybridized carbons (Fsp3) is 0.407. The van der Waals surface area contributed by atoms with Crippen LogP contribution < -0.4 is 15.2 Å².